The first-order valence-corrected chi connectivity index (χ1v) is 6.88. The van der Waals surface area contributed by atoms with Crippen LogP contribution in [0.2, 0.25) is 0 Å². The van der Waals surface area contributed by atoms with Crippen molar-refractivity contribution in [3.05, 3.63) is 46.9 Å². The summed E-state index contributed by atoms with van der Waals surface area (Å²) in [6, 6.07) is 5.37. The maximum Gasteiger partial charge on any atom is 0.351 e. The average molecular weight is 291 g/mol. The molecule has 7 nitrogen and oxygen atoms in total. The predicted molar refractivity (Wildman–Crippen MR) is 74.8 cm³/mol. The molecule has 0 saturated carbocycles. The zero-order chi connectivity index (χ0) is 14.7. The number of rotatable bonds is 5. The first kappa shape index (κ1) is 13.8. The lowest BCUT2D eigenvalue weighted by atomic mass is 10.2. The quantitative estimate of drug-likeness (QED) is 0.858. The number of hydrogen-bond donors (Lipinski definition) is 2. The molecule has 2 aromatic rings. The predicted octanol–water partition coefficient (Wildman–Crippen LogP) is 1.12. The summed E-state index contributed by atoms with van der Waals surface area (Å²) in [5, 5.41) is 12.1. The highest BCUT2D eigenvalue weighted by Crippen LogP contribution is 2.26. The van der Waals surface area contributed by atoms with Crippen molar-refractivity contribution >= 4 is 5.82 Å². The maximum atomic E-state index is 12.0. The van der Waals surface area contributed by atoms with Crippen molar-refractivity contribution in [1.82, 2.24) is 9.55 Å². The van der Waals surface area contributed by atoms with Gasteiger partial charge in [0, 0.05) is 6.20 Å². The second kappa shape index (κ2) is 6.11. The summed E-state index contributed by atoms with van der Waals surface area (Å²) in [6.07, 6.45) is 4.15. The lowest BCUT2D eigenvalue weighted by Crippen LogP contribution is -2.27. The van der Waals surface area contributed by atoms with E-state index >= 15 is 0 Å². The number of aliphatic hydroxyl groups is 1. The molecule has 0 radical (unpaired) electrons. The van der Waals surface area contributed by atoms with Gasteiger partial charge in [-0.3, -0.25) is 4.57 Å². The summed E-state index contributed by atoms with van der Waals surface area (Å²) in [5.74, 6) is 1.26. The summed E-state index contributed by atoms with van der Waals surface area (Å²) in [6.45, 7) is 0.442. The lowest BCUT2D eigenvalue weighted by molar-refractivity contribution is -0.0245. The van der Waals surface area contributed by atoms with Gasteiger partial charge in [0.1, 0.15) is 17.8 Å². The van der Waals surface area contributed by atoms with E-state index in [2.05, 4.69) is 10.3 Å². The summed E-state index contributed by atoms with van der Waals surface area (Å²) in [4.78, 5) is 16.0. The molecule has 1 fully saturated rings. The molecule has 1 aliphatic rings. The molecule has 0 unspecified atom stereocenters. The van der Waals surface area contributed by atoms with Crippen LogP contribution in [0.3, 0.4) is 0 Å². The van der Waals surface area contributed by atoms with Gasteiger partial charge in [-0.1, -0.05) is 0 Å². The average Bonchev–Trinajstić information content (AvgIpc) is 3.16. The zero-order valence-electron chi connectivity index (χ0n) is 11.4. The van der Waals surface area contributed by atoms with Crippen LogP contribution in [0.4, 0.5) is 5.82 Å². The third kappa shape index (κ3) is 3.14. The molecule has 3 heterocycles. The van der Waals surface area contributed by atoms with Crippen LogP contribution >= 0.6 is 0 Å². The van der Waals surface area contributed by atoms with Gasteiger partial charge in [-0.05, 0) is 31.0 Å². The van der Waals surface area contributed by atoms with E-state index in [-0.39, 0.29) is 24.6 Å². The van der Waals surface area contributed by atoms with Crippen LogP contribution in [0.25, 0.3) is 0 Å². The monoisotopic (exact) mass is 291 g/mol. The molecule has 0 aliphatic carbocycles. The van der Waals surface area contributed by atoms with Gasteiger partial charge in [0.25, 0.3) is 0 Å². The van der Waals surface area contributed by atoms with Gasteiger partial charge < -0.3 is 19.6 Å². The van der Waals surface area contributed by atoms with Crippen LogP contribution in [0, 0.1) is 0 Å². The third-order valence-electron chi connectivity index (χ3n) is 3.45. The number of aliphatic hydroxyl groups excluding tert-OH is 1. The Hall–Kier alpha value is -2.12. The number of furan rings is 1. The summed E-state index contributed by atoms with van der Waals surface area (Å²) in [7, 11) is 0. The van der Waals surface area contributed by atoms with E-state index in [9.17, 15) is 4.79 Å². The van der Waals surface area contributed by atoms with Crippen molar-refractivity contribution in [2.45, 2.75) is 31.7 Å². The zero-order valence-corrected chi connectivity index (χ0v) is 11.4. The Morgan fingerprint density at radius 2 is 2.33 bits per heavy atom. The smallest absolute Gasteiger partial charge is 0.351 e. The van der Waals surface area contributed by atoms with Gasteiger partial charge in [0.2, 0.25) is 0 Å². The molecule has 1 saturated heterocycles. The highest BCUT2D eigenvalue weighted by Gasteiger charge is 2.26. The molecule has 2 aromatic heterocycles. The van der Waals surface area contributed by atoms with Gasteiger partial charge in [-0.2, -0.15) is 4.98 Å². The molecular weight excluding hydrogens is 274 g/mol. The summed E-state index contributed by atoms with van der Waals surface area (Å²) >= 11 is 0. The van der Waals surface area contributed by atoms with Crippen molar-refractivity contribution in [2.75, 3.05) is 11.9 Å². The van der Waals surface area contributed by atoms with E-state index in [0.717, 1.165) is 12.2 Å². The number of nitrogens with one attached hydrogen (secondary N) is 1. The Morgan fingerprint density at radius 3 is 3.00 bits per heavy atom. The number of ether oxygens (including phenoxy) is 1. The number of hydrogen-bond acceptors (Lipinski definition) is 6. The minimum absolute atomic E-state index is 0.0263. The molecule has 2 N–H and O–H groups in total. The fourth-order valence-electron chi connectivity index (χ4n) is 2.35. The lowest BCUT2D eigenvalue weighted by Gasteiger charge is -2.15. The fourth-order valence-corrected chi connectivity index (χ4v) is 2.35. The normalized spacial score (nSPS) is 21.6. The second-order valence-electron chi connectivity index (χ2n) is 4.91. The molecule has 112 valence electrons. The topological polar surface area (TPSA) is 89.5 Å². The maximum absolute atomic E-state index is 12.0. The van der Waals surface area contributed by atoms with Crippen LogP contribution in [-0.2, 0) is 11.3 Å². The van der Waals surface area contributed by atoms with Crippen LogP contribution in [0.1, 0.15) is 24.8 Å². The van der Waals surface area contributed by atoms with Crippen LogP contribution in [0.15, 0.2) is 39.9 Å². The van der Waals surface area contributed by atoms with Gasteiger partial charge in [-0.15, -0.1) is 0 Å². The van der Waals surface area contributed by atoms with Gasteiger partial charge in [0.05, 0.1) is 25.5 Å². The largest absolute Gasteiger partial charge is 0.467 e. The summed E-state index contributed by atoms with van der Waals surface area (Å²) < 4.78 is 12.2. The molecule has 7 heteroatoms. The Kier molecular flexibility index (Phi) is 4.03. The second-order valence-corrected chi connectivity index (χ2v) is 4.91. The minimum Gasteiger partial charge on any atom is -0.467 e. The molecule has 0 spiro atoms. The van der Waals surface area contributed by atoms with Crippen molar-refractivity contribution in [1.29, 1.82) is 0 Å². The third-order valence-corrected chi connectivity index (χ3v) is 3.45. The number of aromatic nitrogens is 2. The van der Waals surface area contributed by atoms with Crippen LogP contribution in [-0.4, -0.2) is 27.4 Å². The molecule has 1 aliphatic heterocycles. The number of nitrogens with zero attached hydrogens (tertiary/aromatic N) is 2. The highest BCUT2D eigenvalue weighted by molar-refractivity contribution is 5.32. The number of anilines is 1. The summed E-state index contributed by atoms with van der Waals surface area (Å²) in [5.41, 5.74) is -0.372. The Morgan fingerprint density at radius 1 is 1.43 bits per heavy atom. The van der Waals surface area contributed by atoms with Crippen molar-refractivity contribution < 1.29 is 14.3 Å². The Labute approximate surface area is 121 Å². The Balaban J connectivity index is 1.67. The Bertz CT molecular complexity index is 638. The minimum atomic E-state index is -0.372. The van der Waals surface area contributed by atoms with E-state index in [1.165, 1.54) is 4.57 Å². The van der Waals surface area contributed by atoms with Crippen molar-refractivity contribution in [3.8, 4) is 0 Å². The first-order chi connectivity index (χ1) is 10.3. The van der Waals surface area contributed by atoms with Crippen LogP contribution in [0.5, 0.6) is 0 Å². The van der Waals surface area contributed by atoms with Crippen molar-refractivity contribution in [3.63, 3.8) is 0 Å². The molecule has 0 bridgehead atoms. The van der Waals surface area contributed by atoms with Gasteiger partial charge >= 0.3 is 5.69 Å². The SMILES string of the molecule is O=c1nc(NCc2ccco2)ccn1[C@H]1CC[C@@H](CO)O1. The molecule has 0 aromatic carbocycles. The first-order valence-electron chi connectivity index (χ1n) is 6.88. The van der Waals surface area contributed by atoms with Gasteiger partial charge in [0.15, 0.2) is 0 Å². The molecule has 0 amide bonds. The van der Waals surface area contributed by atoms with E-state index in [1.54, 1.807) is 24.6 Å². The van der Waals surface area contributed by atoms with Gasteiger partial charge in [-0.25, -0.2) is 4.79 Å². The van der Waals surface area contributed by atoms with Crippen LogP contribution < -0.4 is 11.0 Å². The van der Waals surface area contributed by atoms with Crippen molar-refractivity contribution in [2.24, 2.45) is 0 Å². The molecule has 2 atom stereocenters. The van der Waals surface area contributed by atoms with E-state index in [1.807, 2.05) is 6.07 Å². The van der Waals surface area contributed by atoms with E-state index in [4.69, 9.17) is 14.3 Å². The molecular formula is C14H17N3O4. The molecule has 21 heavy (non-hydrogen) atoms. The van der Waals surface area contributed by atoms with E-state index in [0.29, 0.717) is 18.8 Å². The molecule has 3 rings (SSSR count). The standard InChI is InChI=1S/C14H17N3O4/c18-9-11-3-4-13(21-11)17-6-5-12(16-14(17)19)15-8-10-2-1-7-20-10/h1-2,5-7,11,13,18H,3-4,8-9H2,(H,15,16,19)/t11-,13+/m0/s1. The van der Waals surface area contributed by atoms with E-state index < -0.39 is 0 Å². The highest BCUT2D eigenvalue weighted by atomic mass is 16.5. The fraction of sp³-hybridized carbons (Fsp3) is 0.429.